The second-order valence-corrected chi connectivity index (χ2v) is 5.06. The van der Waals surface area contributed by atoms with Crippen LogP contribution in [0.25, 0.3) is 0 Å². The van der Waals surface area contributed by atoms with E-state index in [-0.39, 0.29) is 11.7 Å². The van der Waals surface area contributed by atoms with Crippen molar-refractivity contribution in [1.82, 2.24) is 0 Å². The van der Waals surface area contributed by atoms with Crippen LogP contribution < -0.4 is 0 Å². The van der Waals surface area contributed by atoms with Gasteiger partial charge >= 0.3 is 0 Å². The third-order valence-electron chi connectivity index (χ3n) is 2.86. The van der Waals surface area contributed by atoms with Gasteiger partial charge in [0.15, 0.2) is 5.78 Å². The molecule has 1 aliphatic carbocycles. The fraction of sp³-hybridized carbons (Fsp3) is 0.133. The van der Waals surface area contributed by atoms with E-state index in [0.29, 0.717) is 26.9 Å². The number of benzene rings is 1. The van der Waals surface area contributed by atoms with Gasteiger partial charge in [-0.2, -0.15) is 0 Å². The number of ketones is 1. The number of aliphatic imine (C=N–C) groups is 1. The molecule has 0 fully saturated rings. The van der Waals surface area contributed by atoms with E-state index in [0.717, 1.165) is 0 Å². The topological polar surface area (TPSA) is 46.5 Å². The van der Waals surface area contributed by atoms with Crippen molar-refractivity contribution in [2.24, 2.45) is 4.99 Å². The van der Waals surface area contributed by atoms with Crippen molar-refractivity contribution in [1.29, 1.82) is 0 Å². The summed E-state index contributed by atoms with van der Waals surface area (Å²) in [6, 6.07) is 8.86. The zero-order chi connectivity index (χ0) is 14.0. The Hall–Kier alpha value is -1.81. The molecule has 0 unspecified atom stereocenters. The van der Waals surface area contributed by atoms with Gasteiger partial charge in [0.25, 0.3) is 5.91 Å². The molecule has 19 heavy (non-hydrogen) atoms. The lowest BCUT2D eigenvalue weighted by molar-refractivity contribution is -0.110. The monoisotopic (exact) mass is 317 g/mol. The summed E-state index contributed by atoms with van der Waals surface area (Å²) in [6.45, 7) is 3.55. The summed E-state index contributed by atoms with van der Waals surface area (Å²) in [5, 5.41) is 0. The van der Waals surface area contributed by atoms with Crippen LogP contribution in [0.15, 0.2) is 57.0 Å². The number of allylic oxidation sites excluding steroid dienone is 4. The van der Waals surface area contributed by atoms with Crippen molar-refractivity contribution in [2.45, 2.75) is 13.8 Å². The molecule has 1 aromatic carbocycles. The first-order valence-corrected chi connectivity index (χ1v) is 6.58. The zero-order valence-electron chi connectivity index (χ0n) is 10.6. The number of carbonyl (C=O) groups is 2. The van der Waals surface area contributed by atoms with E-state index in [1.807, 2.05) is 6.07 Å². The van der Waals surface area contributed by atoms with Crippen LogP contribution in [0.2, 0.25) is 0 Å². The van der Waals surface area contributed by atoms with Gasteiger partial charge < -0.3 is 0 Å². The van der Waals surface area contributed by atoms with Gasteiger partial charge in [-0.05, 0) is 59.1 Å². The van der Waals surface area contributed by atoms with Gasteiger partial charge in [-0.1, -0.05) is 18.2 Å². The van der Waals surface area contributed by atoms with E-state index < -0.39 is 0 Å². The fourth-order valence-electron chi connectivity index (χ4n) is 1.83. The van der Waals surface area contributed by atoms with Crippen LogP contribution in [0, 0.1) is 0 Å². The van der Waals surface area contributed by atoms with Crippen molar-refractivity contribution >= 4 is 33.3 Å². The van der Waals surface area contributed by atoms with Crippen molar-refractivity contribution in [3.05, 3.63) is 57.6 Å². The number of nitrogens with zero attached hydrogens (tertiary/aromatic N) is 1. The van der Waals surface area contributed by atoms with Gasteiger partial charge in [-0.15, -0.1) is 0 Å². The summed E-state index contributed by atoms with van der Waals surface area (Å²) >= 11 is 3.23. The molecule has 4 heteroatoms. The zero-order valence-corrected chi connectivity index (χ0v) is 12.2. The van der Waals surface area contributed by atoms with E-state index in [4.69, 9.17) is 0 Å². The Morgan fingerprint density at radius 3 is 2.42 bits per heavy atom. The summed E-state index contributed by atoms with van der Waals surface area (Å²) < 4.78 is 0.456. The molecule has 3 nitrogen and oxygen atoms in total. The maximum Gasteiger partial charge on any atom is 0.277 e. The molecule has 2 rings (SSSR count). The highest BCUT2D eigenvalue weighted by Crippen LogP contribution is 2.24. The van der Waals surface area contributed by atoms with Gasteiger partial charge in [0, 0.05) is 5.56 Å². The third-order valence-corrected chi connectivity index (χ3v) is 3.84. The number of halogens is 1. The van der Waals surface area contributed by atoms with E-state index in [9.17, 15) is 9.59 Å². The van der Waals surface area contributed by atoms with Gasteiger partial charge in [0.1, 0.15) is 0 Å². The Morgan fingerprint density at radius 2 is 1.79 bits per heavy atom. The molecule has 0 atom stereocenters. The minimum atomic E-state index is -0.308. The van der Waals surface area contributed by atoms with Crippen molar-refractivity contribution in [3.8, 4) is 0 Å². The standard InChI is InChI=1S/C15H12BrNO2/c1-9-8-12(18)13(16)10(2)14(9)17-15(19)11-6-4-3-5-7-11/h3-8H,1-2H3. The van der Waals surface area contributed by atoms with Crippen LogP contribution in [0.5, 0.6) is 0 Å². The summed E-state index contributed by atoms with van der Waals surface area (Å²) in [4.78, 5) is 27.8. The minimum absolute atomic E-state index is 0.0962. The van der Waals surface area contributed by atoms with Crippen LogP contribution in [-0.4, -0.2) is 17.4 Å². The Bertz CT molecular complexity index is 639. The predicted octanol–water partition coefficient (Wildman–Crippen LogP) is 3.47. The molecule has 0 heterocycles. The lowest BCUT2D eigenvalue weighted by atomic mass is 9.97. The summed E-state index contributed by atoms with van der Waals surface area (Å²) in [5.41, 5.74) is 2.48. The van der Waals surface area contributed by atoms with Crippen molar-refractivity contribution in [3.63, 3.8) is 0 Å². The van der Waals surface area contributed by atoms with E-state index in [1.54, 1.807) is 38.1 Å². The van der Waals surface area contributed by atoms with Gasteiger partial charge in [0.2, 0.25) is 0 Å². The molecule has 96 valence electrons. The lowest BCUT2D eigenvalue weighted by Crippen LogP contribution is -2.15. The third kappa shape index (κ3) is 2.79. The van der Waals surface area contributed by atoms with E-state index in [2.05, 4.69) is 20.9 Å². The molecule has 0 saturated heterocycles. The van der Waals surface area contributed by atoms with E-state index >= 15 is 0 Å². The molecular formula is C15H12BrNO2. The average Bonchev–Trinajstić information content (AvgIpc) is 2.42. The summed E-state index contributed by atoms with van der Waals surface area (Å²) in [5.74, 6) is -0.404. The molecule has 0 N–H and O–H groups in total. The van der Waals surface area contributed by atoms with Crippen molar-refractivity contribution in [2.75, 3.05) is 0 Å². The van der Waals surface area contributed by atoms with Crippen LogP contribution in [-0.2, 0) is 4.79 Å². The Labute approximate surface area is 119 Å². The highest BCUT2D eigenvalue weighted by molar-refractivity contribution is 9.12. The first-order chi connectivity index (χ1) is 9.00. The molecule has 0 radical (unpaired) electrons. The maximum atomic E-state index is 12.1. The molecule has 1 aromatic rings. The first kappa shape index (κ1) is 13.6. The summed E-state index contributed by atoms with van der Waals surface area (Å²) in [7, 11) is 0. The van der Waals surface area contributed by atoms with Gasteiger partial charge in [-0.3, -0.25) is 9.59 Å². The second-order valence-electron chi connectivity index (χ2n) is 4.26. The van der Waals surface area contributed by atoms with Crippen LogP contribution in [0.3, 0.4) is 0 Å². The quantitative estimate of drug-likeness (QED) is 0.744. The van der Waals surface area contributed by atoms with Crippen molar-refractivity contribution < 1.29 is 9.59 Å². The minimum Gasteiger partial charge on any atom is -0.289 e. The molecule has 1 amide bonds. The summed E-state index contributed by atoms with van der Waals surface area (Å²) in [6.07, 6.45) is 1.48. The number of rotatable bonds is 1. The fourth-order valence-corrected chi connectivity index (χ4v) is 2.13. The molecule has 1 aliphatic rings. The molecule has 0 aromatic heterocycles. The van der Waals surface area contributed by atoms with Gasteiger partial charge in [-0.25, -0.2) is 4.99 Å². The second kappa shape index (κ2) is 5.45. The number of amides is 1. The molecule has 0 aliphatic heterocycles. The van der Waals surface area contributed by atoms with Gasteiger partial charge in [0.05, 0.1) is 10.2 Å². The van der Waals surface area contributed by atoms with E-state index in [1.165, 1.54) is 6.08 Å². The normalized spacial score (nSPS) is 17.7. The molecule has 0 spiro atoms. The SMILES string of the molecule is CC1=CC(=O)C(Br)=C(C)C1=NC(=O)c1ccccc1. The Morgan fingerprint density at radius 1 is 1.16 bits per heavy atom. The highest BCUT2D eigenvalue weighted by Gasteiger charge is 2.21. The average molecular weight is 318 g/mol. The highest BCUT2D eigenvalue weighted by atomic mass is 79.9. The first-order valence-electron chi connectivity index (χ1n) is 5.78. The molecular weight excluding hydrogens is 306 g/mol. The van der Waals surface area contributed by atoms with Crippen LogP contribution in [0.4, 0.5) is 0 Å². The maximum absolute atomic E-state index is 12.1. The molecule has 0 saturated carbocycles. The molecule has 0 bridgehead atoms. The number of hydrogen-bond acceptors (Lipinski definition) is 2. The Kier molecular flexibility index (Phi) is 3.90. The smallest absolute Gasteiger partial charge is 0.277 e. The number of hydrogen-bond donors (Lipinski definition) is 0. The van der Waals surface area contributed by atoms with Crippen LogP contribution in [0.1, 0.15) is 24.2 Å². The van der Waals surface area contributed by atoms with Crippen LogP contribution >= 0.6 is 15.9 Å². The largest absolute Gasteiger partial charge is 0.289 e. The lowest BCUT2D eigenvalue weighted by Gasteiger charge is -2.14. The number of carbonyl (C=O) groups excluding carboxylic acids is 2. The Balaban J connectivity index is 2.41. The predicted molar refractivity (Wildman–Crippen MR) is 78.6 cm³/mol.